The third-order valence-corrected chi connectivity index (χ3v) is 4.10. The Morgan fingerprint density at radius 3 is 2.78 bits per heavy atom. The number of benzene rings is 1. The fourth-order valence-electron chi connectivity index (χ4n) is 2.80. The van der Waals surface area contributed by atoms with Crippen molar-refractivity contribution in [3.63, 3.8) is 0 Å². The summed E-state index contributed by atoms with van der Waals surface area (Å²) in [5.74, 6) is -0.816. The maximum Gasteiger partial charge on any atom is 0.416 e. The van der Waals surface area contributed by atoms with E-state index in [9.17, 15) is 14.4 Å². The molecule has 8 nitrogen and oxygen atoms in total. The molecule has 0 bridgehead atoms. The van der Waals surface area contributed by atoms with Gasteiger partial charge in [-0.25, -0.2) is 19.5 Å². The number of carbonyl (C=O) groups is 3. The summed E-state index contributed by atoms with van der Waals surface area (Å²) in [6, 6.07) is 12.1. The number of furan rings is 1. The highest BCUT2D eigenvalue weighted by Crippen LogP contribution is 2.25. The van der Waals surface area contributed by atoms with Crippen molar-refractivity contribution in [3.05, 3.63) is 54.3 Å². The van der Waals surface area contributed by atoms with Gasteiger partial charge in [0.2, 0.25) is 0 Å². The number of para-hydroxylation sites is 1. The van der Waals surface area contributed by atoms with Crippen molar-refractivity contribution >= 4 is 28.9 Å². The van der Waals surface area contributed by atoms with Gasteiger partial charge in [0.05, 0.1) is 23.9 Å². The van der Waals surface area contributed by atoms with Crippen molar-refractivity contribution in [2.45, 2.75) is 0 Å². The number of aromatic nitrogens is 1. The number of hydrogen-bond acceptors (Lipinski definition) is 7. The molecular formula is C19H14N2O6. The van der Waals surface area contributed by atoms with Crippen LogP contribution in [0, 0.1) is 0 Å². The zero-order valence-electron chi connectivity index (χ0n) is 14.1. The summed E-state index contributed by atoms with van der Waals surface area (Å²) >= 11 is 0. The van der Waals surface area contributed by atoms with Gasteiger partial charge in [-0.1, -0.05) is 18.2 Å². The maximum atomic E-state index is 12.6. The monoisotopic (exact) mass is 366 g/mol. The number of esters is 1. The molecular weight excluding hydrogens is 352 g/mol. The van der Waals surface area contributed by atoms with E-state index in [0.717, 1.165) is 4.90 Å². The minimum absolute atomic E-state index is 0.139. The molecule has 0 saturated carbocycles. The molecule has 1 fully saturated rings. The number of amides is 2. The van der Waals surface area contributed by atoms with Gasteiger partial charge in [0.1, 0.15) is 12.3 Å². The maximum absolute atomic E-state index is 12.6. The van der Waals surface area contributed by atoms with Crippen molar-refractivity contribution in [1.82, 2.24) is 9.88 Å². The predicted octanol–water partition coefficient (Wildman–Crippen LogP) is 2.63. The van der Waals surface area contributed by atoms with E-state index >= 15 is 0 Å². The molecule has 136 valence electrons. The number of cyclic esters (lactones) is 1. The van der Waals surface area contributed by atoms with Crippen LogP contribution in [-0.2, 0) is 14.3 Å². The summed E-state index contributed by atoms with van der Waals surface area (Å²) in [7, 11) is 0. The predicted molar refractivity (Wildman–Crippen MR) is 92.8 cm³/mol. The lowest BCUT2D eigenvalue weighted by atomic mass is 10.1. The van der Waals surface area contributed by atoms with Crippen molar-refractivity contribution in [1.29, 1.82) is 0 Å². The first-order chi connectivity index (χ1) is 13.1. The van der Waals surface area contributed by atoms with E-state index in [1.165, 1.54) is 6.26 Å². The summed E-state index contributed by atoms with van der Waals surface area (Å²) in [6.07, 6.45) is 0.781. The molecule has 0 unspecified atom stereocenters. The van der Waals surface area contributed by atoms with Crippen molar-refractivity contribution in [3.8, 4) is 11.5 Å². The first-order valence-electron chi connectivity index (χ1n) is 8.21. The van der Waals surface area contributed by atoms with Gasteiger partial charge in [0.15, 0.2) is 12.4 Å². The average Bonchev–Trinajstić information content (AvgIpc) is 3.36. The van der Waals surface area contributed by atoms with Gasteiger partial charge in [-0.05, 0) is 24.3 Å². The second kappa shape index (κ2) is 6.91. The number of hydrogen-bond donors (Lipinski definition) is 0. The number of rotatable bonds is 4. The van der Waals surface area contributed by atoms with E-state index in [2.05, 4.69) is 4.98 Å². The Hall–Kier alpha value is -3.68. The zero-order chi connectivity index (χ0) is 18.8. The average molecular weight is 366 g/mol. The zero-order valence-corrected chi connectivity index (χ0v) is 14.1. The highest BCUT2D eigenvalue weighted by molar-refractivity contribution is 6.05. The van der Waals surface area contributed by atoms with Crippen molar-refractivity contribution in [2.75, 3.05) is 19.8 Å². The van der Waals surface area contributed by atoms with Crippen LogP contribution in [0.15, 0.2) is 53.1 Å². The summed E-state index contributed by atoms with van der Waals surface area (Å²) < 4.78 is 15.2. The van der Waals surface area contributed by atoms with E-state index in [1.807, 2.05) is 0 Å². The minimum Gasteiger partial charge on any atom is -0.463 e. The van der Waals surface area contributed by atoms with Crippen LogP contribution in [0.3, 0.4) is 0 Å². The molecule has 27 heavy (non-hydrogen) atoms. The second-order valence-electron chi connectivity index (χ2n) is 5.79. The summed E-state index contributed by atoms with van der Waals surface area (Å²) in [4.78, 5) is 41.4. The fourth-order valence-corrected chi connectivity index (χ4v) is 2.80. The Balaban J connectivity index is 1.61. The Bertz CT molecular complexity index is 1030. The molecule has 2 amide bonds. The van der Waals surface area contributed by atoms with Gasteiger partial charge in [0.25, 0.3) is 5.91 Å². The van der Waals surface area contributed by atoms with Crippen molar-refractivity contribution < 1.29 is 28.3 Å². The molecule has 2 aromatic heterocycles. The van der Waals surface area contributed by atoms with Crippen LogP contribution >= 0.6 is 0 Å². The van der Waals surface area contributed by atoms with E-state index in [1.54, 1.807) is 42.5 Å². The van der Waals surface area contributed by atoms with Crippen molar-refractivity contribution in [2.24, 2.45) is 0 Å². The van der Waals surface area contributed by atoms with Gasteiger partial charge in [-0.3, -0.25) is 4.79 Å². The van der Waals surface area contributed by atoms with E-state index < -0.39 is 24.6 Å². The molecule has 0 radical (unpaired) electrons. The van der Waals surface area contributed by atoms with E-state index in [4.69, 9.17) is 13.9 Å². The van der Waals surface area contributed by atoms with E-state index in [-0.39, 0.29) is 18.7 Å². The topological polar surface area (TPSA) is 98.9 Å². The molecule has 0 aliphatic carbocycles. The van der Waals surface area contributed by atoms with Crippen LogP contribution in [0.1, 0.15) is 10.4 Å². The SMILES string of the molecule is O=C(OCC(=O)N1CCOC1=O)c1cc(-c2ccco2)nc2ccccc12. The lowest BCUT2D eigenvalue weighted by molar-refractivity contribution is -0.131. The molecule has 1 aromatic carbocycles. The molecule has 0 atom stereocenters. The molecule has 0 N–H and O–H groups in total. The van der Waals surface area contributed by atoms with Crippen LogP contribution in [-0.4, -0.2) is 47.6 Å². The Kier molecular flexibility index (Phi) is 4.29. The molecule has 8 heteroatoms. The van der Waals surface area contributed by atoms with Crippen LogP contribution in [0.2, 0.25) is 0 Å². The molecule has 4 rings (SSSR count). The van der Waals surface area contributed by atoms with E-state index in [0.29, 0.717) is 22.4 Å². The Morgan fingerprint density at radius 1 is 1.19 bits per heavy atom. The van der Waals surface area contributed by atoms with Gasteiger partial charge in [0, 0.05) is 5.39 Å². The first kappa shape index (κ1) is 16.8. The molecule has 1 aliphatic heterocycles. The third kappa shape index (κ3) is 3.24. The number of fused-ring (bicyclic) bond motifs is 1. The van der Waals surface area contributed by atoms with Crippen LogP contribution < -0.4 is 0 Å². The summed E-state index contributed by atoms with van der Waals surface area (Å²) in [5.41, 5.74) is 1.32. The number of nitrogens with zero attached hydrogens (tertiary/aromatic N) is 2. The first-order valence-corrected chi connectivity index (χ1v) is 8.21. The van der Waals surface area contributed by atoms with Crippen LogP contribution in [0.25, 0.3) is 22.4 Å². The number of carbonyl (C=O) groups excluding carboxylic acids is 3. The van der Waals surface area contributed by atoms with Crippen LogP contribution in [0.4, 0.5) is 4.79 Å². The fraction of sp³-hybridized carbons (Fsp3) is 0.158. The summed E-state index contributed by atoms with van der Waals surface area (Å²) in [5, 5.41) is 0.589. The quantitative estimate of drug-likeness (QED) is 0.655. The largest absolute Gasteiger partial charge is 0.463 e. The Labute approximate surface area is 153 Å². The number of pyridine rings is 1. The summed E-state index contributed by atoms with van der Waals surface area (Å²) in [6.45, 7) is -0.267. The Morgan fingerprint density at radius 2 is 2.04 bits per heavy atom. The molecule has 1 saturated heterocycles. The molecule has 0 spiro atoms. The van der Waals surface area contributed by atoms with Gasteiger partial charge in [-0.15, -0.1) is 0 Å². The lowest BCUT2D eigenvalue weighted by Gasteiger charge is -2.12. The molecule has 1 aliphatic rings. The van der Waals surface area contributed by atoms with Gasteiger partial charge >= 0.3 is 12.1 Å². The number of imide groups is 1. The molecule has 3 aromatic rings. The van der Waals surface area contributed by atoms with Gasteiger partial charge in [-0.2, -0.15) is 0 Å². The standard InChI is InChI=1S/C19H14N2O6/c22-17(21-7-9-26-19(21)24)11-27-18(23)13-10-15(16-6-3-8-25-16)20-14-5-2-1-4-12(13)14/h1-6,8,10H,7,9,11H2. The minimum atomic E-state index is -0.731. The lowest BCUT2D eigenvalue weighted by Crippen LogP contribution is -2.35. The smallest absolute Gasteiger partial charge is 0.416 e. The molecule has 3 heterocycles. The van der Waals surface area contributed by atoms with Crippen LogP contribution in [0.5, 0.6) is 0 Å². The highest BCUT2D eigenvalue weighted by Gasteiger charge is 2.29. The second-order valence-corrected chi connectivity index (χ2v) is 5.79. The highest BCUT2D eigenvalue weighted by atomic mass is 16.6. The number of ether oxygens (including phenoxy) is 2. The third-order valence-electron chi connectivity index (χ3n) is 4.10. The van der Waals surface area contributed by atoms with Gasteiger partial charge < -0.3 is 13.9 Å². The normalized spacial score (nSPS) is 13.6.